The summed E-state index contributed by atoms with van der Waals surface area (Å²) in [4.78, 5) is 0. The lowest BCUT2D eigenvalue weighted by Crippen LogP contribution is -1.85. The zero-order valence-electron chi connectivity index (χ0n) is 6.59. The number of aryl methyl sites for hydroxylation is 1. The van der Waals surface area contributed by atoms with Gasteiger partial charge in [0.2, 0.25) is 0 Å². The van der Waals surface area contributed by atoms with Crippen molar-refractivity contribution in [2.75, 3.05) is 7.11 Å². The number of ether oxygens (including phenoxy) is 1. The maximum absolute atomic E-state index is 8.58. The molecule has 0 saturated heterocycles. The molecule has 0 fully saturated rings. The predicted molar refractivity (Wildman–Crippen MR) is 42.4 cm³/mol. The first-order chi connectivity index (χ1) is 5.26. The van der Waals surface area contributed by atoms with Crippen LogP contribution in [0.1, 0.15) is 11.1 Å². The molecule has 1 rings (SSSR count). The van der Waals surface area contributed by atoms with E-state index in [0.29, 0.717) is 5.56 Å². The second kappa shape index (κ2) is 3.07. The van der Waals surface area contributed by atoms with Crippen LogP contribution in [-0.2, 0) is 0 Å². The highest BCUT2D eigenvalue weighted by molar-refractivity contribution is 5.40. The molecule has 0 spiro atoms. The molecule has 0 aromatic heterocycles. The lowest BCUT2D eigenvalue weighted by atomic mass is 10.1. The molecule has 0 radical (unpaired) electrons. The van der Waals surface area contributed by atoms with Crippen molar-refractivity contribution in [2.45, 2.75) is 6.92 Å². The smallest absolute Gasteiger partial charge is 0.120 e. The predicted octanol–water partition coefficient (Wildman–Crippen LogP) is 1.88. The van der Waals surface area contributed by atoms with Gasteiger partial charge < -0.3 is 4.74 Å². The van der Waals surface area contributed by atoms with Crippen LogP contribution >= 0.6 is 0 Å². The van der Waals surface area contributed by atoms with E-state index in [-0.39, 0.29) is 0 Å². The highest BCUT2D eigenvalue weighted by atomic mass is 16.5. The summed E-state index contributed by atoms with van der Waals surface area (Å²) >= 11 is 0. The Balaban J connectivity index is 3.15. The van der Waals surface area contributed by atoms with E-state index in [9.17, 15) is 0 Å². The molecule has 0 heterocycles. The molecule has 0 aliphatic heterocycles. The van der Waals surface area contributed by atoms with Crippen LogP contribution in [0.3, 0.4) is 0 Å². The van der Waals surface area contributed by atoms with Gasteiger partial charge in [-0.25, -0.2) is 0 Å². The van der Waals surface area contributed by atoms with Crippen LogP contribution in [0.25, 0.3) is 0 Å². The molecule has 11 heavy (non-hydrogen) atoms. The minimum Gasteiger partial charge on any atom is -0.497 e. The lowest BCUT2D eigenvalue weighted by Gasteiger charge is -2.00. The average Bonchev–Trinajstić information content (AvgIpc) is 2.03. The van der Waals surface area contributed by atoms with Crippen molar-refractivity contribution in [2.24, 2.45) is 0 Å². The van der Waals surface area contributed by atoms with Crippen molar-refractivity contribution >= 4 is 0 Å². The summed E-state index contributed by atoms with van der Waals surface area (Å²) in [5, 5.41) is 8.58. The number of rotatable bonds is 1. The van der Waals surface area contributed by atoms with Crippen molar-refractivity contribution < 1.29 is 4.74 Å². The molecule has 1 aromatic rings. The third kappa shape index (κ3) is 1.71. The van der Waals surface area contributed by atoms with Crippen molar-refractivity contribution in [3.05, 3.63) is 29.3 Å². The normalized spacial score (nSPS) is 8.82. The molecule has 0 N–H and O–H groups in total. The Morgan fingerprint density at radius 2 is 2.09 bits per heavy atom. The first-order valence-electron chi connectivity index (χ1n) is 3.32. The second-order valence-electron chi connectivity index (χ2n) is 2.35. The van der Waals surface area contributed by atoms with E-state index in [1.807, 2.05) is 19.1 Å². The molecule has 56 valence electrons. The van der Waals surface area contributed by atoms with Crippen LogP contribution in [0.4, 0.5) is 0 Å². The number of hydrogen-bond donors (Lipinski definition) is 0. The molecule has 0 aliphatic rings. The van der Waals surface area contributed by atoms with E-state index in [1.54, 1.807) is 13.2 Å². The van der Waals surface area contributed by atoms with E-state index in [2.05, 4.69) is 6.07 Å². The highest BCUT2D eigenvalue weighted by Crippen LogP contribution is 2.15. The number of nitriles is 1. The molecule has 0 amide bonds. The third-order valence-corrected chi connectivity index (χ3v) is 1.42. The molecule has 0 unspecified atom stereocenters. The largest absolute Gasteiger partial charge is 0.497 e. The van der Waals surface area contributed by atoms with E-state index < -0.39 is 0 Å². The third-order valence-electron chi connectivity index (χ3n) is 1.42. The summed E-state index contributed by atoms with van der Waals surface area (Å²) in [7, 11) is 1.59. The summed E-state index contributed by atoms with van der Waals surface area (Å²) in [5.74, 6) is 0.738. The molecule has 0 bridgehead atoms. The fourth-order valence-corrected chi connectivity index (χ4v) is 0.930. The van der Waals surface area contributed by atoms with E-state index in [1.165, 1.54) is 0 Å². The average molecular weight is 147 g/mol. The number of methoxy groups -OCH3 is 1. The summed E-state index contributed by atoms with van der Waals surface area (Å²) in [6, 6.07) is 7.49. The molecular formula is C9H9NO. The van der Waals surface area contributed by atoms with E-state index in [0.717, 1.165) is 11.3 Å². The van der Waals surface area contributed by atoms with Gasteiger partial charge in [-0.1, -0.05) is 0 Å². The molecule has 1 aromatic carbocycles. The van der Waals surface area contributed by atoms with Crippen LogP contribution in [0.5, 0.6) is 5.75 Å². The maximum Gasteiger partial charge on any atom is 0.120 e. The molecule has 2 heteroatoms. The van der Waals surface area contributed by atoms with E-state index >= 15 is 0 Å². The van der Waals surface area contributed by atoms with Crippen LogP contribution in [0, 0.1) is 18.3 Å². The Bertz CT molecular complexity index is 299. The van der Waals surface area contributed by atoms with Crippen LogP contribution in [0.2, 0.25) is 0 Å². The Kier molecular flexibility index (Phi) is 2.12. The monoisotopic (exact) mass is 147 g/mol. The zero-order chi connectivity index (χ0) is 8.27. The molecule has 0 atom stereocenters. The first kappa shape index (κ1) is 7.62. The van der Waals surface area contributed by atoms with Crippen molar-refractivity contribution in [1.82, 2.24) is 0 Å². The van der Waals surface area contributed by atoms with Gasteiger partial charge in [0.05, 0.1) is 18.7 Å². The summed E-state index contributed by atoms with van der Waals surface area (Å²) < 4.78 is 4.99. The van der Waals surface area contributed by atoms with Gasteiger partial charge in [0, 0.05) is 0 Å². The van der Waals surface area contributed by atoms with Gasteiger partial charge in [-0.3, -0.25) is 0 Å². The number of benzene rings is 1. The fourth-order valence-electron chi connectivity index (χ4n) is 0.930. The zero-order valence-corrected chi connectivity index (χ0v) is 6.59. The lowest BCUT2D eigenvalue weighted by molar-refractivity contribution is 0.414. The summed E-state index contributed by atoms with van der Waals surface area (Å²) in [6.07, 6.45) is 0. The van der Waals surface area contributed by atoms with Gasteiger partial charge in [0.15, 0.2) is 0 Å². The fraction of sp³-hybridized carbons (Fsp3) is 0.222. The second-order valence-corrected chi connectivity index (χ2v) is 2.35. The topological polar surface area (TPSA) is 33.0 Å². The van der Waals surface area contributed by atoms with Gasteiger partial charge in [-0.05, 0) is 30.7 Å². The van der Waals surface area contributed by atoms with Crippen molar-refractivity contribution in [1.29, 1.82) is 5.26 Å². The Morgan fingerprint density at radius 3 is 2.64 bits per heavy atom. The molecular weight excluding hydrogens is 138 g/mol. The molecule has 0 saturated carbocycles. The standard InChI is InChI=1S/C9H9NO/c1-7-3-8(6-10)5-9(4-7)11-2/h3-5H,1-2H3. The van der Waals surface area contributed by atoms with Gasteiger partial charge in [-0.15, -0.1) is 0 Å². The number of nitrogens with zero attached hydrogens (tertiary/aromatic N) is 1. The van der Waals surface area contributed by atoms with Crippen molar-refractivity contribution in [3.8, 4) is 11.8 Å². The van der Waals surface area contributed by atoms with E-state index in [4.69, 9.17) is 10.00 Å². The van der Waals surface area contributed by atoms with Crippen LogP contribution in [-0.4, -0.2) is 7.11 Å². The molecule has 0 aliphatic carbocycles. The van der Waals surface area contributed by atoms with Crippen LogP contribution < -0.4 is 4.74 Å². The van der Waals surface area contributed by atoms with Crippen molar-refractivity contribution in [3.63, 3.8) is 0 Å². The SMILES string of the molecule is COc1cc(C)cc(C#N)c1. The Morgan fingerprint density at radius 1 is 1.36 bits per heavy atom. The minimum absolute atomic E-state index is 0.641. The van der Waals surface area contributed by atoms with Gasteiger partial charge in [0.1, 0.15) is 5.75 Å². The molecule has 2 nitrogen and oxygen atoms in total. The Labute approximate surface area is 66.0 Å². The first-order valence-corrected chi connectivity index (χ1v) is 3.32. The van der Waals surface area contributed by atoms with Gasteiger partial charge in [-0.2, -0.15) is 5.26 Å². The van der Waals surface area contributed by atoms with Gasteiger partial charge >= 0.3 is 0 Å². The number of hydrogen-bond acceptors (Lipinski definition) is 2. The summed E-state index contributed by atoms with van der Waals surface area (Å²) in [6.45, 7) is 1.93. The highest BCUT2D eigenvalue weighted by Gasteiger charge is 1.95. The quantitative estimate of drug-likeness (QED) is 0.607. The summed E-state index contributed by atoms with van der Waals surface area (Å²) in [5.41, 5.74) is 1.68. The van der Waals surface area contributed by atoms with Crippen LogP contribution in [0.15, 0.2) is 18.2 Å². The minimum atomic E-state index is 0.641. The maximum atomic E-state index is 8.58. The van der Waals surface area contributed by atoms with Gasteiger partial charge in [0.25, 0.3) is 0 Å². The Hall–Kier alpha value is -1.49.